The maximum absolute atomic E-state index is 14.5. The summed E-state index contributed by atoms with van der Waals surface area (Å²) in [7, 11) is 0. The molecule has 1 aliphatic carbocycles. The van der Waals surface area contributed by atoms with Gasteiger partial charge in [-0.1, -0.05) is 56.3 Å². The summed E-state index contributed by atoms with van der Waals surface area (Å²) in [6.07, 6.45) is 1.78. The molecule has 1 aromatic heterocycles. The van der Waals surface area contributed by atoms with E-state index in [9.17, 15) is 19.5 Å². The lowest BCUT2D eigenvalue weighted by molar-refractivity contribution is -0.157. The van der Waals surface area contributed by atoms with Crippen LogP contribution in [0, 0.1) is 11.8 Å². The molecule has 41 heavy (non-hydrogen) atoms. The zero-order chi connectivity index (χ0) is 28.7. The van der Waals surface area contributed by atoms with Crippen molar-refractivity contribution in [2.24, 2.45) is 11.8 Å². The molecule has 2 heterocycles. The first kappa shape index (κ1) is 27.0. The summed E-state index contributed by atoms with van der Waals surface area (Å²) in [5.74, 6) is -1.04. The van der Waals surface area contributed by atoms with E-state index in [-0.39, 0.29) is 35.1 Å². The smallest absolute Gasteiger partial charge is 0.251 e. The summed E-state index contributed by atoms with van der Waals surface area (Å²) in [6.45, 7) is 4.01. The summed E-state index contributed by atoms with van der Waals surface area (Å²) in [4.78, 5) is 44.0. The van der Waals surface area contributed by atoms with E-state index in [2.05, 4.69) is 22.8 Å². The second-order valence-electron chi connectivity index (χ2n) is 11.4. The maximum Gasteiger partial charge on any atom is 0.251 e. The number of nitrogens with one attached hydrogen (secondary N) is 2. The molecule has 0 radical (unpaired) electrons. The van der Waals surface area contributed by atoms with Crippen molar-refractivity contribution in [2.75, 3.05) is 5.32 Å². The van der Waals surface area contributed by atoms with Gasteiger partial charge in [0, 0.05) is 4.70 Å². The molecule has 0 unspecified atom stereocenters. The highest BCUT2D eigenvalue weighted by atomic mass is 32.1. The molecule has 0 bridgehead atoms. The second kappa shape index (κ2) is 11.0. The van der Waals surface area contributed by atoms with Crippen LogP contribution in [0.25, 0.3) is 10.1 Å². The van der Waals surface area contributed by atoms with Gasteiger partial charge in [-0.15, -0.1) is 11.3 Å². The van der Waals surface area contributed by atoms with Crippen LogP contribution in [0.4, 0.5) is 5.69 Å². The number of amides is 3. The molecule has 0 saturated carbocycles. The number of benzene rings is 3. The molecule has 7 nitrogen and oxygen atoms in total. The topological polar surface area (TPSA) is 98.7 Å². The zero-order valence-corrected chi connectivity index (χ0v) is 23.9. The van der Waals surface area contributed by atoms with Gasteiger partial charge in [0.25, 0.3) is 5.91 Å². The van der Waals surface area contributed by atoms with Crippen LogP contribution in [0.5, 0.6) is 5.75 Å². The van der Waals surface area contributed by atoms with Crippen LogP contribution in [0.15, 0.2) is 78.2 Å². The Labute approximate surface area is 243 Å². The minimum atomic E-state index is -1.08. The number of anilines is 1. The van der Waals surface area contributed by atoms with E-state index in [4.69, 9.17) is 0 Å². The lowest BCUT2D eigenvalue weighted by atomic mass is 9.87. The predicted molar refractivity (Wildman–Crippen MR) is 161 cm³/mol. The van der Waals surface area contributed by atoms with Gasteiger partial charge in [-0.2, -0.15) is 0 Å². The second-order valence-corrected chi connectivity index (χ2v) is 12.4. The Balaban J connectivity index is 1.43. The Morgan fingerprint density at radius 2 is 1.73 bits per heavy atom. The molecule has 1 saturated heterocycles. The number of hydrogen-bond acceptors (Lipinski definition) is 5. The van der Waals surface area contributed by atoms with Crippen LogP contribution in [-0.2, 0) is 27.2 Å². The number of carbonyl (C=O) groups excluding carboxylic acids is 3. The van der Waals surface area contributed by atoms with Crippen molar-refractivity contribution in [3.63, 3.8) is 0 Å². The van der Waals surface area contributed by atoms with Crippen molar-refractivity contribution in [3.05, 3.63) is 94.9 Å². The van der Waals surface area contributed by atoms with Gasteiger partial charge >= 0.3 is 0 Å². The molecule has 1 fully saturated rings. The van der Waals surface area contributed by atoms with Gasteiger partial charge in [-0.05, 0) is 88.9 Å². The number of phenolic OH excluding ortho intramolecular Hbond substituents is 1. The van der Waals surface area contributed by atoms with E-state index in [1.165, 1.54) is 22.1 Å². The quantitative estimate of drug-likeness (QED) is 0.259. The summed E-state index contributed by atoms with van der Waals surface area (Å²) in [6, 6.07) is 19.7. The van der Waals surface area contributed by atoms with Crippen LogP contribution in [-0.4, -0.2) is 39.8 Å². The fourth-order valence-corrected chi connectivity index (χ4v) is 7.02. The van der Waals surface area contributed by atoms with Gasteiger partial charge in [0.15, 0.2) is 0 Å². The molecular weight excluding hydrogens is 534 g/mol. The highest BCUT2D eigenvalue weighted by Crippen LogP contribution is 2.37. The molecule has 4 aromatic rings. The van der Waals surface area contributed by atoms with Crippen molar-refractivity contribution in [1.82, 2.24) is 10.2 Å². The van der Waals surface area contributed by atoms with E-state index >= 15 is 0 Å². The van der Waals surface area contributed by atoms with E-state index in [0.29, 0.717) is 24.8 Å². The fourth-order valence-electron chi connectivity index (χ4n) is 6.25. The zero-order valence-electron chi connectivity index (χ0n) is 23.0. The average Bonchev–Trinajstić information content (AvgIpc) is 3.60. The SMILES string of the molecule is CC(C)C[C@@H]1C(=O)N[C@H](C2Cc3ccccc3C2)C(=O)N1[C@H](C(=O)Nc1ccccc1O)c1ccc2sccc2c1. The summed E-state index contributed by atoms with van der Waals surface area (Å²) in [5, 5.41) is 19.3. The fraction of sp³-hybridized carbons (Fsp3) is 0.303. The van der Waals surface area contributed by atoms with E-state index < -0.39 is 24.0 Å². The van der Waals surface area contributed by atoms with Crippen molar-refractivity contribution >= 4 is 44.8 Å². The third-order valence-corrected chi connectivity index (χ3v) is 9.08. The number of piperazine rings is 1. The van der Waals surface area contributed by atoms with Gasteiger partial charge in [0.05, 0.1) is 5.69 Å². The molecule has 0 spiro atoms. The molecule has 2 aliphatic rings. The first-order valence-electron chi connectivity index (χ1n) is 14.1. The van der Waals surface area contributed by atoms with E-state index in [1.54, 1.807) is 29.5 Å². The minimum absolute atomic E-state index is 0.0732. The standard InChI is InChI=1S/C33H33N3O4S/c1-19(2)15-26-31(38)35-29(24-16-20-7-3-4-8-21(20)17-24)33(40)36(26)30(23-11-12-28-22(18-23)13-14-41-28)32(39)34-25-9-5-6-10-27(25)37/h3-14,18-19,24,26,29-30,37H,15-17H2,1-2H3,(H,34,39)(H,35,38)/t26-,29-,30+/m1/s1. The van der Waals surface area contributed by atoms with Crippen molar-refractivity contribution in [1.29, 1.82) is 0 Å². The number of thiophene rings is 1. The van der Waals surface area contributed by atoms with Gasteiger partial charge in [0.2, 0.25) is 11.8 Å². The minimum Gasteiger partial charge on any atom is -0.506 e. The third-order valence-electron chi connectivity index (χ3n) is 8.19. The molecule has 3 atom stereocenters. The monoisotopic (exact) mass is 567 g/mol. The molecule has 210 valence electrons. The molecule has 1 aliphatic heterocycles. The average molecular weight is 568 g/mol. The molecule has 3 N–H and O–H groups in total. The number of aromatic hydroxyl groups is 1. The van der Waals surface area contributed by atoms with Crippen LogP contribution in [0.3, 0.4) is 0 Å². The first-order valence-corrected chi connectivity index (χ1v) is 14.9. The molecule has 8 heteroatoms. The number of para-hydroxylation sites is 2. The lowest BCUT2D eigenvalue weighted by Gasteiger charge is -2.44. The van der Waals surface area contributed by atoms with Gasteiger partial charge in [-0.3, -0.25) is 14.4 Å². The highest BCUT2D eigenvalue weighted by molar-refractivity contribution is 7.17. The molecule has 6 rings (SSSR count). The van der Waals surface area contributed by atoms with Crippen molar-refractivity contribution in [3.8, 4) is 5.75 Å². The number of carbonyl (C=O) groups is 3. The van der Waals surface area contributed by atoms with Crippen LogP contribution in [0.1, 0.15) is 43.0 Å². The Bertz CT molecular complexity index is 1600. The van der Waals surface area contributed by atoms with Crippen molar-refractivity contribution < 1.29 is 19.5 Å². The van der Waals surface area contributed by atoms with Gasteiger partial charge < -0.3 is 20.6 Å². The Morgan fingerprint density at radius 1 is 1.02 bits per heavy atom. The van der Waals surface area contributed by atoms with Crippen molar-refractivity contribution in [2.45, 2.75) is 51.2 Å². The highest BCUT2D eigenvalue weighted by Gasteiger charge is 2.49. The summed E-state index contributed by atoms with van der Waals surface area (Å²) >= 11 is 1.60. The maximum atomic E-state index is 14.5. The number of fused-ring (bicyclic) bond motifs is 2. The van der Waals surface area contributed by atoms with Crippen LogP contribution >= 0.6 is 11.3 Å². The summed E-state index contributed by atoms with van der Waals surface area (Å²) < 4.78 is 1.07. The Hall–Kier alpha value is -4.17. The lowest BCUT2D eigenvalue weighted by Crippen LogP contribution is -2.67. The van der Waals surface area contributed by atoms with E-state index in [0.717, 1.165) is 10.1 Å². The van der Waals surface area contributed by atoms with Gasteiger partial charge in [-0.25, -0.2) is 0 Å². The molecule has 3 aromatic carbocycles. The third kappa shape index (κ3) is 5.20. The Morgan fingerprint density at radius 3 is 2.44 bits per heavy atom. The number of nitrogens with zero attached hydrogens (tertiary/aromatic N) is 1. The van der Waals surface area contributed by atoms with Gasteiger partial charge in [0.1, 0.15) is 23.9 Å². The predicted octanol–water partition coefficient (Wildman–Crippen LogP) is 5.44. The Kier molecular flexibility index (Phi) is 7.26. The first-order chi connectivity index (χ1) is 19.8. The molecule has 3 amide bonds. The van der Waals surface area contributed by atoms with Crippen LogP contribution in [0.2, 0.25) is 0 Å². The normalized spacial score (nSPS) is 19.8. The number of phenols is 1. The largest absolute Gasteiger partial charge is 0.506 e. The molecular formula is C33H33N3O4S. The summed E-state index contributed by atoms with van der Waals surface area (Å²) in [5.41, 5.74) is 3.24. The number of hydrogen-bond donors (Lipinski definition) is 3. The number of rotatable bonds is 7. The van der Waals surface area contributed by atoms with E-state index in [1.807, 2.05) is 55.6 Å². The van der Waals surface area contributed by atoms with Crippen LogP contribution < -0.4 is 10.6 Å².